The Morgan fingerprint density at radius 3 is 2.76 bits per heavy atom. The Bertz CT molecular complexity index is 986. The van der Waals surface area contributed by atoms with Gasteiger partial charge in [-0.15, -0.1) is 0 Å². The maximum atomic E-state index is 13.4. The molecular weight excluding hydrogens is 413 g/mol. The van der Waals surface area contributed by atoms with E-state index in [4.69, 9.17) is 18.9 Å². The lowest BCUT2D eigenvalue weighted by atomic mass is 10.1. The highest BCUT2D eigenvalue weighted by Gasteiger charge is 2.44. The summed E-state index contributed by atoms with van der Waals surface area (Å²) in [5, 5.41) is -0.506. The number of carbonyl (C=O) groups excluding carboxylic acids is 1. The number of fused-ring (bicyclic) bond motifs is 3. The second-order valence-corrected chi connectivity index (χ2v) is 7.86. The molecule has 3 atom stereocenters. The Kier molecular flexibility index (Phi) is 4.41. The number of thioether (sulfide) groups is 1. The molecule has 3 aliphatic heterocycles. The van der Waals surface area contributed by atoms with Gasteiger partial charge in [0, 0.05) is 17.2 Å². The van der Waals surface area contributed by atoms with Crippen LogP contribution in [0, 0.1) is 0 Å². The lowest BCUT2D eigenvalue weighted by molar-refractivity contribution is -0.151. The predicted molar refractivity (Wildman–Crippen MR) is 92.5 cm³/mol. The topological polar surface area (TPSA) is 79.8 Å². The van der Waals surface area contributed by atoms with Crippen molar-refractivity contribution in [2.75, 3.05) is 13.4 Å². The smallest absolute Gasteiger partial charge is 0.433 e. The highest BCUT2D eigenvalue weighted by Crippen LogP contribution is 2.39. The largest absolute Gasteiger partial charge is 0.454 e. The zero-order valence-corrected chi connectivity index (χ0v) is 15.5. The second kappa shape index (κ2) is 6.85. The zero-order chi connectivity index (χ0) is 20.2. The molecule has 5 rings (SSSR count). The summed E-state index contributed by atoms with van der Waals surface area (Å²) < 4.78 is 61.5. The molecule has 0 saturated carbocycles. The van der Waals surface area contributed by atoms with E-state index >= 15 is 0 Å². The number of halogens is 3. The van der Waals surface area contributed by atoms with Gasteiger partial charge in [-0.1, -0.05) is 11.8 Å². The monoisotopic (exact) mass is 426 g/mol. The van der Waals surface area contributed by atoms with E-state index in [2.05, 4.69) is 9.97 Å². The molecule has 0 N–H and O–H groups in total. The Labute approximate surface area is 166 Å². The summed E-state index contributed by atoms with van der Waals surface area (Å²) in [6.45, 7) is 0.264. The first kappa shape index (κ1) is 18.6. The van der Waals surface area contributed by atoms with Crippen molar-refractivity contribution in [2.45, 2.75) is 35.4 Å². The number of hydrogen-bond acceptors (Lipinski definition) is 8. The van der Waals surface area contributed by atoms with Crippen LogP contribution in [0.4, 0.5) is 13.2 Å². The maximum Gasteiger partial charge on any atom is 0.433 e. The Morgan fingerprint density at radius 1 is 1.10 bits per heavy atom. The van der Waals surface area contributed by atoms with Crippen LogP contribution >= 0.6 is 11.8 Å². The molecule has 2 aromatic rings. The summed E-state index contributed by atoms with van der Waals surface area (Å²) >= 11 is 0.988. The molecule has 0 spiro atoms. The molecule has 2 bridgehead atoms. The molecule has 4 heterocycles. The van der Waals surface area contributed by atoms with Gasteiger partial charge in [-0.2, -0.15) is 13.2 Å². The number of carbonyl (C=O) groups is 1. The summed E-state index contributed by atoms with van der Waals surface area (Å²) in [6, 6.07) is 5.68. The normalized spacial score (nSPS) is 25.5. The lowest BCUT2D eigenvalue weighted by Crippen LogP contribution is -2.37. The van der Waals surface area contributed by atoms with Crippen molar-refractivity contribution in [3.8, 4) is 22.8 Å². The average Bonchev–Trinajstić information content (AvgIpc) is 3.32. The van der Waals surface area contributed by atoms with Crippen LogP contribution in [0.5, 0.6) is 11.5 Å². The van der Waals surface area contributed by atoms with Gasteiger partial charge in [-0.3, -0.25) is 4.79 Å². The van der Waals surface area contributed by atoms with Gasteiger partial charge in [-0.05, 0) is 24.3 Å². The van der Waals surface area contributed by atoms with Gasteiger partial charge < -0.3 is 18.9 Å². The Balaban J connectivity index is 1.50. The van der Waals surface area contributed by atoms with Crippen LogP contribution in [0.25, 0.3) is 11.3 Å². The van der Waals surface area contributed by atoms with E-state index in [1.807, 2.05) is 0 Å². The summed E-state index contributed by atoms with van der Waals surface area (Å²) in [6.07, 6.45) is -5.79. The molecule has 2 fully saturated rings. The van der Waals surface area contributed by atoms with E-state index in [9.17, 15) is 18.0 Å². The predicted octanol–water partition coefficient (Wildman–Crippen LogP) is 3.07. The third kappa shape index (κ3) is 3.53. The van der Waals surface area contributed by atoms with Crippen LogP contribution in [0.1, 0.15) is 12.1 Å². The number of aromatic nitrogens is 2. The molecule has 7 nitrogen and oxygen atoms in total. The molecular formula is C18H13F3N2O5S. The average molecular weight is 426 g/mol. The van der Waals surface area contributed by atoms with Gasteiger partial charge >= 0.3 is 6.18 Å². The Hall–Kier alpha value is -2.37. The molecule has 0 unspecified atom stereocenters. The third-order valence-corrected chi connectivity index (χ3v) is 5.88. The summed E-state index contributed by atoms with van der Waals surface area (Å²) in [4.78, 5) is 19.9. The van der Waals surface area contributed by atoms with Crippen LogP contribution < -0.4 is 9.47 Å². The highest BCUT2D eigenvalue weighted by molar-refractivity contribution is 7.99. The molecule has 29 heavy (non-hydrogen) atoms. The minimum Gasteiger partial charge on any atom is -0.454 e. The van der Waals surface area contributed by atoms with Crippen molar-refractivity contribution in [1.29, 1.82) is 0 Å². The van der Waals surface area contributed by atoms with E-state index in [-0.39, 0.29) is 36.5 Å². The molecule has 152 valence electrons. The van der Waals surface area contributed by atoms with E-state index in [1.54, 1.807) is 18.2 Å². The summed E-state index contributed by atoms with van der Waals surface area (Å²) in [5.74, 6) is 0.714. The van der Waals surface area contributed by atoms with Gasteiger partial charge in [0.1, 0.15) is 5.69 Å². The fourth-order valence-corrected chi connectivity index (χ4v) is 4.40. The van der Waals surface area contributed by atoms with Crippen LogP contribution in [-0.2, 0) is 20.4 Å². The fourth-order valence-electron chi connectivity index (χ4n) is 3.29. The first-order valence-corrected chi connectivity index (χ1v) is 9.57. The van der Waals surface area contributed by atoms with Crippen molar-refractivity contribution >= 4 is 17.5 Å². The summed E-state index contributed by atoms with van der Waals surface area (Å²) in [5.41, 5.74) is -0.535. The standard InChI is InChI=1S/C18H13F3N2O5S/c19-18(20,21)15-4-9(8-1-2-11-12(3-8)27-7-26-11)22-17(23-15)29-14-5-10(24)16-25-6-13(14)28-16/h1-4,13-14,16H,5-7H2/t13-,14+,16-/m0/s1. The molecule has 11 heteroatoms. The molecule has 3 aliphatic rings. The minimum absolute atomic E-state index is 0.0532. The van der Waals surface area contributed by atoms with Crippen molar-refractivity contribution in [3.63, 3.8) is 0 Å². The first-order valence-electron chi connectivity index (χ1n) is 8.69. The molecule has 2 saturated heterocycles. The van der Waals surface area contributed by atoms with Gasteiger partial charge in [0.15, 0.2) is 22.4 Å². The van der Waals surface area contributed by atoms with Crippen molar-refractivity contribution in [1.82, 2.24) is 9.97 Å². The first-order chi connectivity index (χ1) is 13.9. The molecule has 1 aromatic heterocycles. The van der Waals surface area contributed by atoms with E-state index < -0.39 is 29.5 Å². The van der Waals surface area contributed by atoms with E-state index in [1.165, 1.54) is 0 Å². The van der Waals surface area contributed by atoms with Gasteiger partial charge in [-0.25, -0.2) is 9.97 Å². The van der Waals surface area contributed by atoms with E-state index in [0.29, 0.717) is 17.1 Å². The van der Waals surface area contributed by atoms with Gasteiger partial charge in [0.05, 0.1) is 18.4 Å². The number of nitrogens with zero attached hydrogens (tertiary/aromatic N) is 2. The van der Waals surface area contributed by atoms with Crippen molar-refractivity contribution < 1.29 is 36.9 Å². The fraction of sp³-hybridized carbons (Fsp3) is 0.389. The third-order valence-electron chi connectivity index (χ3n) is 4.71. The molecule has 0 radical (unpaired) electrons. The highest BCUT2D eigenvalue weighted by atomic mass is 32.2. The molecule has 1 aromatic carbocycles. The number of ketones is 1. The van der Waals surface area contributed by atoms with Crippen molar-refractivity contribution in [3.05, 3.63) is 30.0 Å². The van der Waals surface area contributed by atoms with Crippen LogP contribution in [0.2, 0.25) is 0 Å². The number of hydrogen-bond donors (Lipinski definition) is 0. The Morgan fingerprint density at radius 2 is 1.93 bits per heavy atom. The number of rotatable bonds is 3. The number of alkyl halides is 3. The van der Waals surface area contributed by atoms with E-state index in [0.717, 1.165) is 17.8 Å². The van der Waals surface area contributed by atoms with Crippen LogP contribution in [0.3, 0.4) is 0 Å². The van der Waals surface area contributed by atoms with Crippen LogP contribution in [-0.4, -0.2) is 46.8 Å². The molecule has 0 aliphatic carbocycles. The van der Waals surface area contributed by atoms with Crippen molar-refractivity contribution in [2.24, 2.45) is 0 Å². The number of benzene rings is 1. The van der Waals surface area contributed by atoms with Gasteiger partial charge in [0.2, 0.25) is 13.1 Å². The molecule has 0 amide bonds. The number of ether oxygens (including phenoxy) is 4. The SMILES string of the molecule is O=C1C[C@@H](Sc2nc(-c3ccc4c(c3)OCO4)cc(C(F)(F)F)n2)[C@@H]2CO[C@H]1O2. The maximum absolute atomic E-state index is 13.4. The second-order valence-electron chi connectivity index (χ2n) is 6.65. The lowest BCUT2D eigenvalue weighted by Gasteiger charge is -2.25. The van der Waals surface area contributed by atoms with Crippen LogP contribution in [0.15, 0.2) is 29.4 Å². The quantitative estimate of drug-likeness (QED) is 0.693. The zero-order valence-electron chi connectivity index (χ0n) is 14.6. The van der Waals surface area contributed by atoms with Gasteiger partial charge in [0.25, 0.3) is 0 Å². The minimum atomic E-state index is -4.65. The number of Topliss-reactive ketones (excluding diaryl/α,β-unsaturated/α-hetero) is 1. The summed E-state index contributed by atoms with van der Waals surface area (Å²) in [7, 11) is 0.